The average Bonchev–Trinajstić information content (AvgIpc) is 3.51. The molecule has 0 amide bonds. The molecule has 1 N–H and O–H groups in total. The first-order chi connectivity index (χ1) is 17.2. The van der Waals surface area contributed by atoms with Crippen molar-refractivity contribution in [1.29, 1.82) is 0 Å². The molecule has 0 unspecified atom stereocenters. The van der Waals surface area contributed by atoms with Gasteiger partial charge in [0.1, 0.15) is 5.76 Å². The lowest BCUT2D eigenvalue weighted by atomic mass is 9.62. The summed E-state index contributed by atoms with van der Waals surface area (Å²) >= 11 is 8.22. The van der Waals surface area contributed by atoms with E-state index < -0.39 is 17.6 Å². The van der Waals surface area contributed by atoms with Gasteiger partial charge in [0.2, 0.25) is 0 Å². The number of thioether (sulfide) groups is 1. The molecule has 5 heteroatoms. The minimum atomic E-state index is -0.745. The number of aliphatic hydroxyl groups is 1. The smallest absolute Gasteiger partial charge is 0.118 e. The topological polar surface area (TPSA) is 42.6 Å². The van der Waals surface area contributed by atoms with Crippen LogP contribution in [0.25, 0.3) is 0 Å². The molecular weight excluding hydrogens is 488 g/mol. The Morgan fingerprint density at radius 3 is 2.50 bits per heavy atom. The third-order valence-electron chi connectivity index (χ3n) is 8.34. The first-order valence-electron chi connectivity index (χ1n) is 12.9. The second kappa shape index (κ2) is 9.87. The number of furan rings is 1. The van der Waals surface area contributed by atoms with Crippen LogP contribution in [0, 0.1) is 0 Å². The number of hydrogen-bond donors (Lipinski definition) is 1. The van der Waals surface area contributed by atoms with Crippen LogP contribution in [0.3, 0.4) is 0 Å². The summed E-state index contributed by atoms with van der Waals surface area (Å²) in [5.74, 6) is 1.83. The highest BCUT2D eigenvalue weighted by Gasteiger charge is 2.53. The zero-order chi connectivity index (χ0) is 25.7. The minimum absolute atomic E-state index is 0.127. The van der Waals surface area contributed by atoms with Gasteiger partial charge in [-0.1, -0.05) is 51.1 Å². The number of rotatable bonds is 6. The van der Waals surface area contributed by atoms with Gasteiger partial charge >= 0.3 is 0 Å². The number of methoxy groups -OCH3 is 1. The van der Waals surface area contributed by atoms with E-state index in [-0.39, 0.29) is 11.3 Å². The summed E-state index contributed by atoms with van der Waals surface area (Å²) in [7, 11) is 1.67. The molecule has 0 fully saturated rings. The van der Waals surface area contributed by atoms with Crippen LogP contribution in [0.2, 0.25) is 0 Å². The highest BCUT2D eigenvalue weighted by Crippen LogP contribution is 2.51. The van der Waals surface area contributed by atoms with Crippen molar-refractivity contribution in [3.05, 3.63) is 87.9 Å². The van der Waals surface area contributed by atoms with Gasteiger partial charge in [0, 0.05) is 40.3 Å². The fraction of sp³-hybridized carbons (Fsp3) is 0.484. The zero-order valence-electron chi connectivity index (χ0n) is 21.9. The van der Waals surface area contributed by atoms with E-state index in [0.29, 0.717) is 11.6 Å². The summed E-state index contributed by atoms with van der Waals surface area (Å²) in [5, 5.41) is 11.8. The molecule has 2 aliphatic carbocycles. The number of aliphatic hydroxyl groups excluding tert-OH is 1. The van der Waals surface area contributed by atoms with Gasteiger partial charge < -0.3 is 14.3 Å². The molecule has 192 valence electrons. The van der Waals surface area contributed by atoms with Crippen LogP contribution in [0.15, 0.2) is 58.0 Å². The fourth-order valence-corrected chi connectivity index (χ4v) is 7.31. The van der Waals surface area contributed by atoms with E-state index in [4.69, 9.17) is 20.8 Å². The summed E-state index contributed by atoms with van der Waals surface area (Å²) in [5.41, 5.74) is 6.88. The van der Waals surface area contributed by atoms with E-state index in [2.05, 4.69) is 70.2 Å². The Balaban J connectivity index is 1.54. The molecular formula is C31H37ClO3S. The SMILES string of the molecule is CO[C@@H]1[C@H](CCl)c2coc(CSc3ccc(C(C)(C)C)cc3)c2[C@@](C)(c2ccc3c(c2)CCC3)[C@@H]1O. The molecule has 0 radical (unpaired) electrons. The first kappa shape index (κ1) is 25.9. The molecule has 0 aliphatic heterocycles. The Labute approximate surface area is 224 Å². The maximum absolute atomic E-state index is 11.8. The number of ether oxygens (including phenoxy) is 1. The van der Waals surface area contributed by atoms with E-state index >= 15 is 0 Å². The number of halogens is 1. The maximum atomic E-state index is 11.8. The summed E-state index contributed by atoms with van der Waals surface area (Å²) in [6.07, 6.45) is 4.13. The van der Waals surface area contributed by atoms with E-state index in [9.17, 15) is 5.11 Å². The Bertz CT molecular complexity index is 1230. The van der Waals surface area contributed by atoms with Crippen molar-refractivity contribution in [2.45, 2.75) is 86.6 Å². The predicted molar refractivity (Wildman–Crippen MR) is 149 cm³/mol. The normalized spacial score (nSPS) is 25.6. The van der Waals surface area contributed by atoms with Crippen molar-refractivity contribution in [3.63, 3.8) is 0 Å². The Morgan fingerprint density at radius 2 is 1.83 bits per heavy atom. The van der Waals surface area contributed by atoms with Crippen LogP contribution in [0.1, 0.15) is 79.2 Å². The number of hydrogen-bond acceptors (Lipinski definition) is 4. The van der Waals surface area contributed by atoms with Gasteiger partial charge in [-0.15, -0.1) is 23.4 Å². The molecule has 0 bridgehead atoms. The molecule has 2 aliphatic rings. The molecule has 36 heavy (non-hydrogen) atoms. The largest absolute Gasteiger partial charge is 0.468 e. The highest BCUT2D eigenvalue weighted by atomic mass is 35.5. The van der Waals surface area contributed by atoms with Crippen molar-refractivity contribution < 1.29 is 14.3 Å². The lowest BCUT2D eigenvalue weighted by Gasteiger charge is -2.46. The van der Waals surface area contributed by atoms with Gasteiger partial charge in [-0.25, -0.2) is 0 Å². The van der Waals surface area contributed by atoms with Crippen molar-refractivity contribution in [1.82, 2.24) is 0 Å². The number of fused-ring (bicyclic) bond motifs is 2. The monoisotopic (exact) mass is 524 g/mol. The van der Waals surface area contributed by atoms with Crippen LogP contribution >= 0.6 is 23.4 Å². The predicted octanol–water partition coefficient (Wildman–Crippen LogP) is 7.38. The highest BCUT2D eigenvalue weighted by molar-refractivity contribution is 7.98. The summed E-state index contributed by atoms with van der Waals surface area (Å²) in [6, 6.07) is 15.6. The van der Waals surface area contributed by atoms with Gasteiger partial charge in [0.05, 0.1) is 24.2 Å². The first-order valence-corrected chi connectivity index (χ1v) is 14.4. The Hall–Kier alpha value is -1.72. The lowest BCUT2D eigenvalue weighted by molar-refractivity contribution is -0.0592. The molecule has 1 aromatic heterocycles. The van der Waals surface area contributed by atoms with Gasteiger partial charge in [-0.3, -0.25) is 0 Å². The van der Waals surface area contributed by atoms with Gasteiger partial charge in [-0.05, 0) is 66.0 Å². The molecule has 3 nitrogen and oxygen atoms in total. The van der Waals surface area contributed by atoms with Crippen molar-refractivity contribution in [3.8, 4) is 0 Å². The average molecular weight is 525 g/mol. The molecule has 0 saturated heterocycles. The molecule has 3 aromatic rings. The third kappa shape index (κ3) is 4.34. The summed E-state index contributed by atoms with van der Waals surface area (Å²) < 4.78 is 12.1. The van der Waals surface area contributed by atoms with Crippen LogP contribution < -0.4 is 0 Å². The number of alkyl halides is 1. The Kier molecular flexibility index (Phi) is 7.10. The van der Waals surface area contributed by atoms with Crippen LogP contribution in [0.5, 0.6) is 0 Å². The molecule has 4 atom stereocenters. The molecule has 1 heterocycles. The van der Waals surface area contributed by atoms with Crippen LogP contribution in [-0.4, -0.2) is 30.3 Å². The van der Waals surface area contributed by atoms with E-state index in [1.54, 1.807) is 18.9 Å². The quantitative estimate of drug-likeness (QED) is 0.270. The van der Waals surface area contributed by atoms with Gasteiger partial charge in [-0.2, -0.15) is 0 Å². The number of aryl methyl sites for hydroxylation is 2. The molecule has 5 rings (SSSR count). The van der Waals surface area contributed by atoms with Crippen LogP contribution in [0.4, 0.5) is 0 Å². The van der Waals surface area contributed by atoms with Crippen molar-refractivity contribution >= 4 is 23.4 Å². The van der Waals surface area contributed by atoms with Crippen LogP contribution in [-0.2, 0) is 34.2 Å². The van der Waals surface area contributed by atoms with Gasteiger partial charge in [0.15, 0.2) is 0 Å². The number of benzene rings is 2. The Morgan fingerprint density at radius 1 is 1.11 bits per heavy atom. The zero-order valence-corrected chi connectivity index (χ0v) is 23.5. The molecule has 0 saturated carbocycles. The second-order valence-corrected chi connectivity index (χ2v) is 12.9. The van der Waals surface area contributed by atoms with E-state index in [0.717, 1.165) is 35.3 Å². The fourth-order valence-electron chi connectivity index (χ4n) is 6.13. The van der Waals surface area contributed by atoms with E-state index in [1.165, 1.54) is 28.0 Å². The molecule has 2 aromatic carbocycles. The van der Waals surface area contributed by atoms with Crippen molar-refractivity contribution in [2.24, 2.45) is 0 Å². The van der Waals surface area contributed by atoms with Gasteiger partial charge in [0.25, 0.3) is 0 Å². The van der Waals surface area contributed by atoms with E-state index in [1.807, 2.05) is 6.26 Å². The summed E-state index contributed by atoms with van der Waals surface area (Å²) in [4.78, 5) is 1.20. The second-order valence-electron chi connectivity index (χ2n) is 11.5. The standard InChI is InChI=1S/C31H37ClO3S/c1-30(2,3)21-11-13-23(14-12-21)36-18-26-27-25(17-35-26)24(16-32)28(34-5)29(33)31(27,4)22-10-9-19-7-6-8-20(19)15-22/h9-15,17,24,28-29,33H,6-8,16,18H2,1-5H3/t24-,28-,29-,31-/m1/s1. The summed E-state index contributed by atoms with van der Waals surface area (Å²) in [6.45, 7) is 8.84. The molecule has 0 spiro atoms. The lowest BCUT2D eigenvalue weighted by Crippen LogP contribution is -2.53. The maximum Gasteiger partial charge on any atom is 0.118 e. The minimum Gasteiger partial charge on any atom is -0.468 e. The van der Waals surface area contributed by atoms with Crippen molar-refractivity contribution in [2.75, 3.05) is 13.0 Å². The third-order valence-corrected chi connectivity index (χ3v) is 9.69.